The van der Waals surface area contributed by atoms with Gasteiger partial charge in [-0.2, -0.15) is 17.0 Å². The van der Waals surface area contributed by atoms with Crippen LogP contribution in [0.3, 0.4) is 0 Å². The number of likely N-dealkylation sites (N-methyl/N-ethyl adjacent to an activating group) is 1. The second kappa shape index (κ2) is 9.48. The molecular formula is C15H32ClN5O3S. The Balaban J connectivity index is 0.00000312. The van der Waals surface area contributed by atoms with Crippen LogP contribution >= 0.6 is 12.4 Å². The Morgan fingerprint density at radius 1 is 0.960 bits per heavy atom. The number of halogens is 1. The molecule has 10 heteroatoms. The van der Waals surface area contributed by atoms with Gasteiger partial charge in [0.05, 0.1) is 6.04 Å². The molecule has 1 atom stereocenters. The molecule has 2 rings (SSSR count). The Morgan fingerprint density at radius 3 is 1.84 bits per heavy atom. The fourth-order valence-corrected chi connectivity index (χ4v) is 4.74. The Hall–Kier alpha value is -0.450. The van der Waals surface area contributed by atoms with E-state index in [4.69, 9.17) is 5.73 Å². The summed E-state index contributed by atoms with van der Waals surface area (Å²) in [5.41, 5.74) is 5.96. The Kier molecular flexibility index (Phi) is 8.56. The van der Waals surface area contributed by atoms with Crippen molar-refractivity contribution in [1.82, 2.24) is 18.4 Å². The smallest absolute Gasteiger partial charge is 0.282 e. The van der Waals surface area contributed by atoms with Crippen LogP contribution in [0.15, 0.2) is 0 Å². The molecule has 2 N–H and O–H groups in total. The van der Waals surface area contributed by atoms with Gasteiger partial charge in [-0.05, 0) is 19.4 Å². The van der Waals surface area contributed by atoms with Crippen LogP contribution in [0.25, 0.3) is 0 Å². The zero-order valence-corrected chi connectivity index (χ0v) is 17.1. The van der Waals surface area contributed by atoms with Gasteiger partial charge in [0, 0.05) is 52.4 Å². The van der Waals surface area contributed by atoms with Gasteiger partial charge in [-0.1, -0.05) is 13.8 Å². The lowest BCUT2D eigenvalue weighted by molar-refractivity contribution is -0.134. The van der Waals surface area contributed by atoms with Crippen LogP contribution in [-0.4, -0.2) is 98.2 Å². The zero-order valence-electron chi connectivity index (χ0n) is 15.4. The molecule has 0 radical (unpaired) electrons. The van der Waals surface area contributed by atoms with E-state index >= 15 is 0 Å². The molecule has 0 spiro atoms. The van der Waals surface area contributed by atoms with Crippen molar-refractivity contribution in [2.45, 2.75) is 26.3 Å². The number of amides is 1. The lowest BCUT2D eigenvalue weighted by Crippen LogP contribution is -2.58. The normalized spacial score (nSPS) is 22.7. The van der Waals surface area contributed by atoms with Crippen molar-refractivity contribution in [2.75, 3.05) is 59.4 Å². The molecule has 0 aromatic heterocycles. The van der Waals surface area contributed by atoms with Crippen molar-refractivity contribution in [3.63, 3.8) is 0 Å². The SMILES string of the molecule is CC(C)C[C@H](N)C(=O)N1CCN(S(=O)(=O)N2CCN(C)CC2)CC1.Cl. The Bertz CT molecular complexity index is 529. The first-order chi connectivity index (χ1) is 11.2. The molecule has 2 aliphatic rings. The Morgan fingerprint density at radius 2 is 1.40 bits per heavy atom. The number of nitrogens with zero attached hydrogens (tertiary/aromatic N) is 4. The summed E-state index contributed by atoms with van der Waals surface area (Å²) < 4.78 is 28.5. The number of rotatable bonds is 5. The summed E-state index contributed by atoms with van der Waals surface area (Å²) in [5, 5.41) is 0. The predicted octanol–water partition coefficient (Wildman–Crippen LogP) is -0.582. The minimum Gasteiger partial charge on any atom is -0.339 e. The van der Waals surface area contributed by atoms with Crippen LogP contribution in [-0.2, 0) is 15.0 Å². The van der Waals surface area contributed by atoms with E-state index in [1.54, 1.807) is 9.21 Å². The minimum atomic E-state index is -3.43. The van der Waals surface area contributed by atoms with Crippen LogP contribution < -0.4 is 5.73 Å². The van der Waals surface area contributed by atoms with E-state index in [1.165, 1.54) is 4.31 Å². The molecule has 2 heterocycles. The van der Waals surface area contributed by atoms with Crippen molar-refractivity contribution < 1.29 is 13.2 Å². The van der Waals surface area contributed by atoms with Gasteiger partial charge < -0.3 is 15.5 Å². The first-order valence-electron chi connectivity index (χ1n) is 8.70. The van der Waals surface area contributed by atoms with Gasteiger partial charge in [0.1, 0.15) is 0 Å². The third kappa shape index (κ3) is 5.77. The van der Waals surface area contributed by atoms with E-state index in [2.05, 4.69) is 4.90 Å². The summed E-state index contributed by atoms with van der Waals surface area (Å²) >= 11 is 0. The van der Waals surface area contributed by atoms with Gasteiger partial charge in [-0.25, -0.2) is 0 Å². The third-order valence-corrected chi connectivity index (χ3v) is 6.74. The van der Waals surface area contributed by atoms with Crippen molar-refractivity contribution in [3.05, 3.63) is 0 Å². The zero-order chi connectivity index (χ0) is 17.9. The van der Waals surface area contributed by atoms with Gasteiger partial charge >= 0.3 is 0 Å². The summed E-state index contributed by atoms with van der Waals surface area (Å²) in [4.78, 5) is 16.2. The highest BCUT2D eigenvalue weighted by molar-refractivity contribution is 7.86. The van der Waals surface area contributed by atoms with Gasteiger partial charge in [0.25, 0.3) is 10.2 Å². The van der Waals surface area contributed by atoms with Crippen molar-refractivity contribution in [2.24, 2.45) is 11.7 Å². The molecular weight excluding hydrogens is 366 g/mol. The molecule has 25 heavy (non-hydrogen) atoms. The standard InChI is InChI=1S/C15H31N5O3S.ClH/c1-13(2)12-14(16)15(21)18-6-10-20(11-7-18)24(22,23)19-8-4-17(3)5-9-19;/h13-14H,4-12,16H2,1-3H3;1H/t14-;/m0./s1. The van der Waals surface area contributed by atoms with Crippen LogP contribution in [0.5, 0.6) is 0 Å². The molecule has 0 bridgehead atoms. The number of nitrogens with two attached hydrogens (primary N) is 1. The molecule has 2 fully saturated rings. The summed E-state index contributed by atoms with van der Waals surface area (Å²) in [6.45, 7) is 8.14. The number of hydrogen-bond acceptors (Lipinski definition) is 5. The molecule has 2 aliphatic heterocycles. The summed E-state index contributed by atoms with van der Waals surface area (Å²) in [6.07, 6.45) is 0.651. The van der Waals surface area contributed by atoms with Gasteiger partial charge in [-0.3, -0.25) is 4.79 Å². The van der Waals surface area contributed by atoms with Crippen LogP contribution in [0, 0.1) is 5.92 Å². The van der Waals surface area contributed by atoms with Gasteiger partial charge in [0.2, 0.25) is 5.91 Å². The van der Waals surface area contributed by atoms with E-state index in [0.717, 1.165) is 13.1 Å². The predicted molar refractivity (Wildman–Crippen MR) is 101 cm³/mol. The van der Waals surface area contributed by atoms with E-state index in [9.17, 15) is 13.2 Å². The monoisotopic (exact) mass is 397 g/mol. The fraction of sp³-hybridized carbons (Fsp3) is 0.933. The average molecular weight is 398 g/mol. The quantitative estimate of drug-likeness (QED) is 0.670. The maximum atomic E-state index is 12.7. The lowest BCUT2D eigenvalue weighted by atomic mass is 10.0. The summed E-state index contributed by atoms with van der Waals surface area (Å²) in [7, 11) is -1.43. The van der Waals surface area contributed by atoms with Crippen molar-refractivity contribution >= 4 is 28.5 Å². The third-order valence-electron chi connectivity index (χ3n) is 4.71. The first-order valence-corrected chi connectivity index (χ1v) is 10.1. The van der Waals surface area contributed by atoms with E-state index in [1.807, 2.05) is 20.9 Å². The second-order valence-corrected chi connectivity index (χ2v) is 9.10. The van der Waals surface area contributed by atoms with Gasteiger partial charge in [-0.15, -0.1) is 12.4 Å². The molecule has 0 aromatic carbocycles. The molecule has 0 unspecified atom stereocenters. The van der Waals surface area contributed by atoms with Crippen molar-refractivity contribution in [3.8, 4) is 0 Å². The van der Waals surface area contributed by atoms with Crippen LogP contribution in [0.4, 0.5) is 0 Å². The van der Waals surface area contributed by atoms with Crippen LogP contribution in [0.1, 0.15) is 20.3 Å². The molecule has 0 aliphatic carbocycles. The molecule has 148 valence electrons. The number of piperazine rings is 2. The summed E-state index contributed by atoms with van der Waals surface area (Å²) in [5.74, 6) is 0.295. The van der Waals surface area contributed by atoms with Crippen molar-refractivity contribution in [1.29, 1.82) is 0 Å². The molecule has 1 amide bonds. The Labute approximate surface area is 157 Å². The molecule has 0 saturated carbocycles. The van der Waals surface area contributed by atoms with E-state index < -0.39 is 16.3 Å². The molecule has 8 nitrogen and oxygen atoms in total. The highest BCUT2D eigenvalue weighted by atomic mass is 35.5. The summed E-state index contributed by atoms with van der Waals surface area (Å²) in [6, 6.07) is -0.495. The maximum Gasteiger partial charge on any atom is 0.282 e. The largest absolute Gasteiger partial charge is 0.339 e. The second-order valence-electron chi connectivity index (χ2n) is 7.17. The maximum absolute atomic E-state index is 12.7. The fourth-order valence-electron chi connectivity index (χ4n) is 3.16. The first kappa shape index (κ1) is 22.6. The minimum absolute atomic E-state index is 0. The number of carbonyl (C=O) groups excluding carboxylic acids is 1. The van der Waals surface area contributed by atoms with E-state index in [0.29, 0.717) is 51.6 Å². The molecule has 0 aromatic rings. The average Bonchev–Trinajstić information content (AvgIpc) is 2.54. The number of carbonyl (C=O) groups is 1. The highest BCUT2D eigenvalue weighted by Gasteiger charge is 2.35. The molecule has 2 saturated heterocycles. The lowest BCUT2D eigenvalue weighted by Gasteiger charge is -2.39. The van der Waals surface area contributed by atoms with Crippen LogP contribution in [0.2, 0.25) is 0 Å². The highest BCUT2D eigenvalue weighted by Crippen LogP contribution is 2.15. The topological polar surface area (TPSA) is 90.2 Å². The van der Waals surface area contributed by atoms with Gasteiger partial charge in [0.15, 0.2) is 0 Å². The van der Waals surface area contributed by atoms with E-state index in [-0.39, 0.29) is 18.3 Å². The number of hydrogen-bond donors (Lipinski definition) is 1.